The number of hydrogen-bond donors (Lipinski definition) is 2. The molecule has 7 heteroatoms. The van der Waals surface area contributed by atoms with E-state index in [1.54, 1.807) is 42.9 Å². The molecule has 0 bridgehead atoms. The predicted octanol–water partition coefficient (Wildman–Crippen LogP) is 2.85. The molecule has 2 atom stereocenters. The highest BCUT2D eigenvalue weighted by Gasteiger charge is 2.06. The van der Waals surface area contributed by atoms with Crippen LogP contribution < -0.4 is 10.6 Å². The third-order valence-corrected chi connectivity index (χ3v) is 5.24. The average Bonchev–Trinajstić information content (AvgIpc) is 2.46. The molecule has 2 unspecified atom stereocenters. The van der Waals surface area contributed by atoms with Crippen LogP contribution in [0.15, 0.2) is 41.3 Å². The molecule has 0 aliphatic rings. The second-order valence-corrected chi connectivity index (χ2v) is 8.10. The molecule has 0 aliphatic carbocycles. The zero-order valence-corrected chi connectivity index (χ0v) is 15.0. The van der Waals surface area contributed by atoms with Gasteiger partial charge in [-0.25, -0.2) is 17.7 Å². The van der Waals surface area contributed by atoms with Crippen molar-refractivity contribution in [2.75, 3.05) is 25.7 Å². The van der Waals surface area contributed by atoms with Gasteiger partial charge in [0.1, 0.15) is 9.92 Å². The standard InChI is InChI=1S/C16H26N4O2S/c1-6-7-13(2)18-16(21)19-15-10-8-14(9-11-15)12-17-23(5,22)20(3)4/h6,8-11,13H,1,7,12H2,2-5H3,(H2,18,19,21). The zero-order valence-electron chi connectivity index (χ0n) is 14.2. The van der Waals surface area contributed by atoms with Crippen LogP contribution in [0.5, 0.6) is 0 Å². The molecule has 1 aromatic carbocycles. The van der Waals surface area contributed by atoms with Gasteiger partial charge in [-0.3, -0.25) is 0 Å². The molecule has 0 spiro atoms. The maximum absolute atomic E-state index is 12.1. The van der Waals surface area contributed by atoms with Crippen molar-refractivity contribution in [1.82, 2.24) is 9.62 Å². The van der Waals surface area contributed by atoms with E-state index < -0.39 is 9.92 Å². The van der Waals surface area contributed by atoms with Crippen LogP contribution in [0.3, 0.4) is 0 Å². The fourth-order valence-electron chi connectivity index (χ4n) is 1.70. The van der Waals surface area contributed by atoms with Crippen LogP contribution in [0, 0.1) is 0 Å². The highest BCUT2D eigenvalue weighted by molar-refractivity contribution is 7.90. The van der Waals surface area contributed by atoms with Gasteiger partial charge in [0.2, 0.25) is 0 Å². The Kier molecular flexibility index (Phi) is 7.25. The number of nitrogens with one attached hydrogen (secondary N) is 2. The van der Waals surface area contributed by atoms with E-state index in [2.05, 4.69) is 21.6 Å². The van der Waals surface area contributed by atoms with E-state index in [1.807, 2.05) is 19.1 Å². The molecule has 2 amide bonds. The van der Waals surface area contributed by atoms with E-state index in [1.165, 1.54) is 0 Å². The minimum Gasteiger partial charge on any atom is -0.335 e. The highest BCUT2D eigenvalue weighted by Crippen LogP contribution is 2.11. The number of hydrogen-bond acceptors (Lipinski definition) is 3. The Morgan fingerprint density at radius 1 is 1.39 bits per heavy atom. The van der Waals surface area contributed by atoms with E-state index in [0.717, 1.165) is 12.0 Å². The van der Waals surface area contributed by atoms with Crippen LogP contribution in [0.25, 0.3) is 0 Å². The summed E-state index contributed by atoms with van der Waals surface area (Å²) >= 11 is 0. The summed E-state index contributed by atoms with van der Waals surface area (Å²) in [6.07, 6.45) is 4.09. The van der Waals surface area contributed by atoms with Gasteiger partial charge in [-0.15, -0.1) is 6.58 Å². The van der Waals surface area contributed by atoms with E-state index in [4.69, 9.17) is 0 Å². The number of amides is 2. The van der Waals surface area contributed by atoms with Gasteiger partial charge < -0.3 is 10.6 Å². The number of benzene rings is 1. The molecular weight excluding hydrogens is 312 g/mol. The van der Waals surface area contributed by atoms with Crippen molar-refractivity contribution in [2.45, 2.75) is 25.9 Å². The fourth-order valence-corrected chi connectivity index (χ4v) is 2.32. The van der Waals surface area contributed by atoms with Crippen LogP contribution in [0.1, 0.15) is 18.9 Å². The Hall–Kier alpha value is -1.86. The van der Waals surface area contributed by atoms with Gasteiger partial charge in [0, 0.05) is 32.1 Å². The molecule has 0 saturated carbocycles. The number of rotatable bonds is 7. The molecule has 0 saturated heterocycles. The quantitative estimate of drug-likeness (QED) is 0.750. The summed E-state index contributed by atoms with van der Waals surface area (Å²) in [5.74, 6) is 0. The first-order valence-electron chi connectivity index (χ1n) is 7.37. The summed E-state index contributed by atoms with van der Waals surface area (Å²) < 4.78 is 17.9. The summed E-state index contributed by atoms with van der Waals surface area (Å²) in [4.78, 5) is 11.8. The Balaban J connectivity index is 2.62. The van der Waals surface area contributed by atoms with E-state index in [-0.39, 0.29) is 12.1 Å². The molecule has 128 valence electrons. The monoisotopic (exact) mass is 338 g/mol. The SMILES string of the molecule is C=CCC(C)NC(=O)Nc1ccc(CN=S(C)(=O)N(C)C)cc1. The molecule has 0 heterocycles. The van der Waals surface area contributed by atoms with Crippen molar-refractivity contribution < 1.29 is 9.00 Å². The van der Waals surface area contributed by atoms with Crippen molar-refractivity contribution in [1.29, 1.82) is 0 Å². The van der Waals surface area contributed by atoms with Crippen LogP contribution in [0.2, 0.25) is 0 Å². The first-order valence-corrected chi connectivity index (χ1v) is 9.25. The lowest BCUT2D eigenvalue weighted by molar-refractivity contribution is 0.249. The molecule has 6 nitrogen and oxygen atoms in total. The van der Waals surface area contributed by atoms with Gasteiger partial charge in [0.05, 0.1) is 6.54 Å². The Bertz CT molecular complexity index is 647. The lowest BCUT2D eigenvalue weighted by atomic mass is 10.2. The van der Waals surface area contributed by atoms with Gasteiger partial charge in [0.25, 0.3) is 0 Å². The second-order valence-electron chi connectivity index (χ2n) is 5.58. The molecule has 1 aromatic rings. The van der Waals surface area contributed by atoms with Gasteiger partial charge in [-0.2, -0.15) is 0 Å². The first-order chi connectivity index (χ1) is 10.7. The lowest BCUT2D eigenvalue weighted by Gasteiger charge is -2.13. The topological polar surface area (TPSA) is 73.8 Å². The molecular formula is C16H26N4O2S. The number of anilines is 1. The average molecular weight is 338 g/mol. The normalized spacial score (nSPS) is 14.7. The summed E-state index contributed by atoms with van der Waals surface area (Å²) in [5.41, 5.74) is 1.63. The third-order valence-electron chi connectivity index (χ3n) is 3.27. The molecule has 1 rings (SSSR count). The highest BCUT2D eigenvalue weighted by atomic mass is 32.2. The Morgan fingerprint density at radius 2 is 2.00 bits per heavy atom. The number of urea groups is 1. The van der Waals surface area contributed by atoms with Crippen molar-refractivity contribution >= 4 is 21.6 Å². The molecule has 23 heavy (non-hydrogen) atoms. The molecule has 0 fully saturated rings. The zero-order chi connectivity index (χ0) is 17.5. The van der Waals surface area contributed by atoms with Crippen LogP contribution in [0.4, 0.5) is 10.5 Å². The summed E-state index contributed by atoms with van der Waals surface area (Å²) in [6, 6.07) is 7.11. The smallest absolute Gasteiger partial charge is 0.319 e. The summed E-state index contributed by atoms with van der Waals surface area (Å²) in [6.45, 7) is 5.93. The van der Waals surface area contributed by atoms with Crippen molar-refractivity contribution in [3.8, 4) is 0 Å². The number of carbonyl (C=O) groups is 1. The van der Waals surface area contributed by atoms with Crippen LogP contribution >= 0.6 is 0 Å². The second kappa shape index (κ2) is 8.69. The Morgan fingerprint density at radius 3 is 2.52 bits per heavy atom. The maximum Gasteiger partial charge on any atom is 0.319 e. The number of carbonyl (C=O) groups excluding carboxylic acids is 1. The molecule has 0 aromatic heterocycles. The molecule has 0 radical (unpaired) electrons. The summed E-state index contributed by atoms with van der Waals surface area (Å²) in [5, 5.41) is 5.59. The fraction of sp³-hybridized carbons (Fsp3) is 0.438. The lowest BCUT2D eigenvalue weighted by Crippen LogP contribution is -2.35. The minimum atomic E-state index is -2.32. The molecule has 0 aliphatic heterocycles. The van der Waals surface area contributed by atoms with E-state index in [0.29, 0.717) is 12.2 Å². The summed E-state index contributed by atoms with van der Waals surface area (Å²) in [7, 11) is 1.16. The van der Waals surface area contributed by atoms with Gasteiger partial charge in [-0.05, 0) is 31.0 Å². The van der Waals surface area contributed by atoms with Crippen molar-refractivity contribution in [2.24, 2.45) is 4.36 Å². The van der Waals surface area contributed by atoms with Gasteiger partial charge >= 0.3 is 6.03 Å². The Labute approximate surface area is 139 Å². The number of nitrogens with zero attached hydrogens (tertiary/aromatic N) is 2. The minimum absolute atomic E-state index is 0.0364. The third kappa shape index (κ3) is 6.83. The van der Waals surface area contributed by atoms with Crippen molar-refractivity contribution in [3.05, 3.63) is 42.5 Å². The van der Waals surface area contributed by atoms with E-state index in [9.17, 15) is 9.00 Å². The van der Waals surface area contributed by atoms with Crippen LogP contribution in [-0.4, -0.2) is 40.9 Å². The maximum atomic E-state index is 12.1. The van der Waals surface area contributed by atoms with Gasteiger partial charge in [-0.1, -0.05) is 18.2 Å². The predicted molar refractivity (Wildman–Crippen MR) is 96.8 cm³/mol. The van der Waals surface area contributed by atoms with Crippen molar-refractivity contribution in [3.63, 3.8) is 0 Å². The molecule has 2 N–H and O–H groups in total. The van der Waals surface area contributed by atoms with E-state index >= 15 is 0 Å². The van der Waals surface area contributed by atoms with Gasteiger partial charge in [0.15, 0.2) is 0 Å². The largest absolute Gasteiger partial charge is 0.335 e. The van der Waals surface area contributed by atoms with Crippen LogP contribution in [-0.2, 0) is 16.5 Å². The first kappa shape index (κ1) is 19.2.